The highest BCUT2D eigenvalue weighted by molar-refractivity contribution is 6.07. The number of benzene rings is 2. The normalized spacial score (nSPS) is 22.0. The van der Waals surface area contributed by atoms with Crippen LogP contribution in [-0.2, 0) is 30.2 Å². The fourth-order valence-electron chi connectivity index (χ4n) is 3.72. The van der Waals surface area contributed by atoms with Gasteiger partial charge < -0.3 is 24.1 Å². The Morgan fingerprint density at radius 3 is 2.52 bits per heavy atom. The van der Waals surface area contributed by atoms with Crippen molar-refractivity contribution in [1.29, 1.82) is 0 Å². The maximum Gasteiger partial charge on any atom is 0.348 e. The van der Waals surface area contributed by atoms with Crippen LogP contribution in [0.4, 0.5) is 0 Å². The van der Waals surface area contributed by atoms with Gasteiger partial charge in [0.1, 0.15) is 23.7 Å². The molecule has 2 aromatic carbocycles. The first kappa shape index (κ1) is 19.0. The number of phenolic OH excluding ortho intramolecular Hbond substituents is 1. The third-order valence-electron chi connectivity index (χ3n) is 5.29. The maximum atomic E-state index is 13.0. The number of phenols is 1. The number of rotatable bonds is 3. The topological polar surface area (TPSA) is 108 Å². The fraction of sp³-hybridized carbons (Fsp3) is 0.381. The zero-order chi connectivity index (χ0) is 20.9. The predicted octanol–water partition coefficient (Wildman–Crippen LogP) is 2.13. The SMILES string of the molecule is COC(=O)C1Cc2c(C(=O)O[C@H]3C(=O)OCC3(C)C)c(O)c3ccccc3c2O1. The van der Waals surface area contributed by atoms with E-state index in [2.05, 4.69) is 0 Å². The van der Waals surface area contributed by atoms with Crippen molar-refractivity contribution in [2.75, 3.05) is 13.7 Å². The molecule has 0 bridgehead atoms. The molecule has 152 valence electrons. The number of hydrogen-bond donors (Lipinski definition) is 1. The summed E-state index contributed by atoms with van der Waals surface area (Å²) in [6.45, 7) is 3.62. The fourth-order valence-corrected chi connectivity index (χ4v) is 3.72. The van der Waals surface area contributed by atoms with Crippen LogP contribution < -0.4 is 4.74 Å². The average Bonchev–Trinajstić information content (AvgIpc) is 3.24. The van der Waals surface area contributed by atoms with Crippen molar-refractivity contribution < 1.29 is 38.4 Å². The molecule has 0 saturated carbocycles. The van der Waals surface area contributed by atoms with Crippen LogP contribution in [0, 0.1) is 5.41 Å². The van der Waals surface area contributed by atoms with Gasteiger partial charge in [-0.3, -0.25) is 0 Å². The maximum absolute atomic E-state index is 13.0. The van der Waals surface area contributed by atoms with Crippen LogP contribution in [-0.4, -0.2) is 48.9 Å². The number of ether oxygens (including phenoxy) is 4. The lowest BCUT2D eigenvalue weighted by Gasteiger charge is -2.22. The predicted molar refractivity (Wildman–Crippen MR) is 99.7 cm³/mol. The van der Waals surface area contributed by atoms with Gasteiger partial charge in [0.05, 0.1) is 7.11 Å². The summed E-state index contributed by atoms with van der Waals surface area (Å²) >= 11 is 0. The van der Waals surface area contributed by atoms with Gasteiger partial charge in [-0.15, -0.1) is 0 Å². The first-order valence-corrected chi connectivity index (χ1v) is 9.13. The molecule has 0 aliphatic carbocycles. The van der Waals surface area contributed by atoms with Crippen molar-refractivity contribution in [2.24, 2.45) is 5.41 Å². The number of carbonyl (C=O) groups is 3. The van der Waals surface area contributed by atoms with E-state index in [4.69, 9.17) is 18.9 Å². The van der Waals surface area contributed by atoms with Crippen molar-refractivity contribution in [1.82, 2.24) is 0 Å². The van der Waals surface area contributed by atoms with E-state index in [9.17, 15) is 19.5 Å². The third-order valence-corrected chi connectivity index (χ3v) is 5.29. The summed E-state index contributed by atoms with van der Waals surface area (Å²) < 4.78 is 21.0. The van der Waals surface area contributed by atoms with Crippen LogP contribution in [0.1, 0.15) is 29.8 Å². The lowest BCUT2D eigenvalue weighted by molar-refractivity contribution is -0.148. The Morgan fingerprint density at radius 2 is 1.90 bits per heavy atom. The summed E-state index contributed by atoms with van der Waals surface area (Å²) in [7, 11) is 1.24. The molecular formula is C21H20O8. The summed E-state index contributed by atoms with van der Waals surface area (Å²) in [5, 5.41) is 11.8. The van der Waals surface area contributed by atoms with Gasteiger partial charge in [0.2, 0.25) is 6.10 Å². The van der Waals surface area contributed by atoms with Gasteiger partial charge >= 0.3 is 17.9 Å². The Kier molecular flexibility index (Phi) is 4.37. The summed E-state index contributed by atoms with van der Waals surface area (Å²) in [5.41, 5.74) is -0.487. The van der Waals surface area contributed by atoms with E-state index in [1.807, 2.05) is 0 Å². The molecule has 2 aromatic rings. The summed E-state index contributed by atoms with van der Waals surface area (Å²) in [6.07, 6.45) is -2.02. The van der Waals surface area contributed by atoms with Crippen LogP contribution in [0.15, 0.2) is 24.3 Å². The molecule has 8 nitrogen and oxygen atoms in total. The summed E-state index contributed by atoms with van der Waals surface area (Å²) in [5.74, 6) is -2.08. The van der Waals surface area contributed by atoms with Crippen LogP contribution in [0.5, 0.6) is 11.5 Å². The minimum Gasteiger partial charge on any atom is -0.506 e. The Balaban J connectivity index is 1.81. The minimum atomic E-state index is -1.10. The van der Waals surface area contributed by atoms with Crippen molar-refractivity contribution in [3.8, 4) is 11.5 Å². The Bertz CT molecular complexity index is 1040. The molecule has 1 saturated heterocycles. The lowest BCUT2D eigenvalue weighted by atomic mass is 9.89. The molecule has 0 aromatic heterocycles. The first-order valence-electron chi connectivity index (χ1n) is 9.13. The summed E-state index contributed by atoms with van der Waals surface area (Å²) in [6, 6.07) is 6.81. The quantitative estimate of drug-likeness (QED) is 0.617. The second-order valence-electron chi connectivity index (χ2n) is 7.79. The van der Waals surface area contributed by atoms with E-state index in [0.717, 1.165) is 0 Å². The van der Waals surface area contributed by atoms with Crippen LogP contribution >= 0.6 is 0 Å². The lowest BCUT2D eigenvalue weighted by Crippen LogP contribution is -2.35. The van der Waals surface area contributed by atoms with Crippen molar-refractivity contribution in [3.05, 3.63) is 35.4 Å². The molecule has 2 aliphatic rings. The molecule has 0 spiro atoms. The van der Waals surface area contributed by atoms with Gasteiger partial charge in [0.25, 0.3) is 0 Å². The molecule has 1 fully saturated rings. The van der Waals surface area contributed by atoms with E-state index in [0.29, 0.717) is 22.1 Å². The summed E-state index contributed by atoms with van der Waals surface area (Å²) in [4.78, 5) is 37.1. The zero-order valence-electron chi connectivity index (χ0n) is 16.2. The number of cyclic esters (lactones) is 1. The molecule has 8 heteroatoms. The van der Waals surface area contributed by atoms with E-state index < -0.39 is 35.5 Å². The Hall–Kier alpha value is -3.29. The molecule has 1 unspecified atom stereocenters. The molecule has 4 rings (SSSR count). The smallest absolute Gasteiger partial charge is 0.348 e. The van der Waals surface area contributed by atoms with Gasteiger partial charge in [-0.25, -0.2) is 14.4 Å². The number of aromatic hydroxyl groups is 1. The first-order chi connectivity index (χ1) is 13.7. The molecular weight excluding hydrogens is 380 g/mol. The Morgan fingerprint density at radius 1 is 1.21 bits per heavy atom. The molecule has 0 amide bonds. The van der Waals surface area contributed by atoms with Crippen molar-refractivity contribution in [2.45, 2.75) is 32.5 Å². The highest BCUT2D eigenvalue weighted by atomic mass is 16.6. The van der Waals surface area contributed by atoms with Gasteiger partial charge in [0.15, 0.2) is 6.10 Å². The molecule has 2 aliphatic heterocycles. The molecule has 2 heterocycles. The van der Waals surface area contributed by atoms with Crippen LogP contribution in [0.25, 0.3) is 10.8 Å². The number of esters is 3. The minimum absolute atomic E-state index is 0.0311. The van der Waals surface area contributed by atoms with Gasteiger partial charge in [-0.2, -0.15) is 0 Å². The van der Waals surface area contributed by atoms with Crippen molar-refractivity contribution >= 4 is 28.7 Å². The second kappa shape index (κ2) is 6.65. The van der Waals surface area contributed by atoms with Gasteiger partial charge in [-0.1, -0.05) is 38.1 Å². The average molecular weight is 400 g/mol. The number of carbonyl (C=O) groups excluding carboxylic acids is 3. The number of fused-ring (bicyclic) bond motifs is 3. The number of hydrogen-bond acceptors (Lipinski definition) is 8. The van der Waals surface area contributed by atoms with Gasteiger partial charge in [0, 0.05) is 28.2 Å². The van der Waals surface area contributed by atoms with E-state index in [1.165, 1.54) is 7.11 Å². The van der Waals surface area contributed by atoms with Crippen molar-refractivity contribution in [3.63, 3.8) is 0 Å². The highest BCUT2D eigenvalue weighted by Gasteiger charge is 2.47. The molecule has 1 N–H and O–H groups in total. The zero-order valence-corrected chi connectivity index (χ0v) is 16.2. The van der Waals surface area contributed by atoms with Gasteiger partial charge in [-0.05, 0) is 0 Å². The molecule has 0 radical (unpaired) electrons. The number of methoxy groups -OCH3 is 1. The van der Waals surface area contributed by atoms with E-state index in [-0.39, 0.29) is 24.3 Å². The second-order valence-corrected chi connectivity index (χ2v) is 7.79. The van der Waals surface area contributed by atoms with E-state index >= 15 is 0 Å². The molecule has 2 atom stereocenters. The Labute approximate surface area is 166 Å². The largest absolute Gasteiger partial charge is 0.506 e. The van der Waals surface area contributed by atoms with Crippen LogP contribution in [0.3, 0.4) is 0 Å². The van der Waals surface area contributed by atoms with E-state index in [1.54, 1.807) is 38.1 Å². The molecule has 29 heavy (non-hydrogen) atoms. The van der Waals surface area contributed by atoms with Crippen LogP contribution in [0.2, 0.25) is 0 Å². The third kappa shape index (κ3) is 2.95. The monoisotopic (exact) mass is 400 g/mol. The highest BCUT2D eigenvalue weighted by Crippen LogP contribution is 2.45. The standard InChI is InChI=1S/C21H20O8/c1-21(2)9-27-20(25)17(21)29-19(24)14-12-8-13(18(23)26-3)28-16(12)11-7-5-4-6-10(11)15(14)22/h4-7,13,17,22H,8-9H2,1-3H3/t13?,17-/m0/s1.